The van der Waals surface area contributed by atoms with E-state index in [0.29, 0.717) is 0 Å². The van der Waals surface area contributed by atoms with E-state index in [-0.39, 0.29) is 0 Å². The average Bonchev–Trinajstić information content (AvgIpc) is 2.30. The summed E-state index contributed by atoms with van der Waals surface area (Å²) in [6.45, 7) is 4.81. The minimum absolute atomic E-state index is 1.18. The zero-order chi connectivity index (χ0) is 9.80. The van der Waals surface area contributed by atoms with Crippen LogP contribution in [0.15, 0.2) is 29.2 Å². The highest BCUT2D eigenvalue weighted by atomic mass is 32.2. The van der Waals surface area contributed by atoms with Crippen molar-refractivity contribution >= 4 is 17.4 Å². The normalized spacial score (nSPS) is 17.1. The van der Waals surface area contributed by atoms with Crippen molar-refractivity contribution in [2.24, 2.45) is 0 Å². The summed E-state index contributed by atoms with van der Waals surface area (Å²) in [5.74, 6) is 0. The third-order valence-electron chi connectivity index (χ3n) is 2.63. The minimum atomic E-state index is 1.18. The molecule has 0 unspecified atom stereocenters. The van der Waals surface area contributed by atoms with Gasteiger partial charge in [-0.3, -0.25) is 0 Å². The van der Waals surface area contributed by atoms with Gasteiger partial charge in [-0.2, -0.15) is 0 Å². The van der Waals surface area contributed by atoms with Crippen molar-refractivity contribution in [3.63, 3.8) is 0 Å². The quantitative estimate of drug-likeness (QED) is 0.727. The third-order valence-corrected chi connectivity index (χ3v) is 3.42. The molecule has 3 heteroatoms. The van der Waals surface area contributed by atoms with E-state index in [4.69, 9.17) is 0 Å². The number of piperazine rings is 1. The van der Waals surface area contributed by atoms with Crippen molar-refractivity contribution < 1.29 is 5.32 Å². The monoisotopic (exact) mass is 209 g/mol. The summed E-state index contributed by atoms with van der Waals surface area (Å²) in [6.07, 6.45) is 2.15. The van der Waals surface area contributed by atoms with Gasteiger partial charge in [-0.25, -0.2) is 0 Å². The third kappa shape index (κ3) is 2.04. The molecule has 0 spiro atoms. The van der Waals surface area contributed by atoms with Gasteiger partial charge in [0.15, 0.2) is 0 Å². The molecule has 0 radical (unpaired) electrons. The van der Waals surface area contributed by atoms with Crippen molar-refractivity contribution in [3.05, 3.63) is 24.3 Å². The van der Waals surface area contributed by atoms with Crippen LogP contribution in [0.4, 0.5) is 5.69 Å². The maximum Gasteiger partial charge on any atom is 0.0934 e. The number of quaternary nitrogens is 1. The summed E-state index contributed by atoms with van der Waals surface area (Å²) >= 11 is 1.84. The second-order valence-electron chi connectivity index (χ2n) is 3.52. The van der Waals surface area contributed by atoms with Gasteiger partial charge in [0.25, 0.3) is 0 Å². The fraction of sp³-hybridized carbons (Fsp3) is 0.455. The number of benzene rings is 1. The maximum atomic E-state index is 2.49. The number of para-hydroxylation sites is 1. The molecule has 1 aromatic rings. The molecule has 1 aliphatic heterocycles. The Labute approximate surface area is 89.7 Å². The summed E-state index contributed by atoms with van der Waals surface area (Å²) in [4.78, 5) is 3.89. The summed E-state index contributed by atoms with van der Waals surface area (Å²) in [5.41, 5.74) is 1.41. The van der Waals surface area contributed by atoms with Gasteiger partial charge in [0, 0.05) is 4.90 Å². The molecule has 2 nitrogen and oxygen atoms in total. The van der Waals surface area contributed by atoms with Gasteiger partial charge < -0.3 is 10.2 Å². The molecule has 2 rings (SSSR count). The van der Waals surface area contributed by atoms with Gasteiger partial charge in [0.2, 0.25) is 0 Å². The average molecular weight is 209 g/mol. The smallest absolute Gasteiger partial charge is 0.0934 e. The first kappa shape index (κ1) is 9.87. The molecule has 1 aromatic carbocycles. The molecule has 0 bridgehead atoms. The predicted octanol–water partition coefficient (Wildman–Crippen LogP) is 0.792. The Morgan fingerprint density at radius 2 is 1.93 bits per heavy atom. The van der Waals surface area contributed by atoms with E-state index in [0.717, 1.165) is 0 Å². The summed E-state index contributed by atoms with van der Waals surface area (Å²) in [5, 5.41) is 2.39. The van der Waals surface area contributed by atoms with Crippen LogP contribution in [0.3, 0.4) is 0 Å². The Morgan fingerprint density at radius 1 is 1.21 bits per heavy atom. The zero-order valence-electron chi connectivity index (χ0n) is 8.57. The lowest BCUT2D eigenvalue weighted by atomic mass is 10.2. The lowest BCUT2D eigenvalue weighted by Crippen LogP contribution is -2.89. The van der Waals surface area contributed by atoms with Crippen LogP contribution >= 0.6 is 11.8 Å². The number of anilines is 1. The largest absolute Gasteiger partial charge is 0.359 e. The Kier molecular flexibility index (Phi) is 3.32. The molecule has 1 fully saturated rings. The number of nitrogens with two attached hydrogens (primary N) is 1. The molecular weight excluding hydrogens is 192 g/mol. The van der Waals surface area contributed by atoms with Crippen LogP contribution in [0, 0.1) is 0 Å². The zero-order valence-corrected chi connectivity index (χ0v) is 9.39. The molecule has 14 heavy (non-hydrogen) atoms. The van der Waals surface area contributed by atoms with Crippen molar-refractivity contribution in [2.75, 3.05) is 37.3 Å². The Hall–Kier alpha value is -0.670. The second-order valence-corrected chi connectivity index (χ2v) is 4.37. The van der Waals surface area contributed by atoms with E-state index in [1.807, 2.05) is 11.8 Å². The molecular formula is C11H17N2S+. The van der Waals surface area contributed by atoms with Crippen molar-refractivity contribution in [3.8, 4) is 0 Å². The molecule has 0 atom stereocenters. The van der Waals surface area contributed by atoms with E-state index >= 15 is 0 Å². The number of rotatable bonds is 2. The number of thioether (sulfide) groups is 1. The van der Waals surface area contributed by atoms with Crippen LogP contribution in [0.25, 0.3) is 0 Å². The number of hydrogen-bond acceptors (Lipinski definition) is 2. The van der Waals surface area contributed by atoms with Crippen LogP contribution in [-0.2, 0) is 0 Å². The maximum absolute atomic E-state index is 2.49. The van der Waals surface area contributed by atoms with Crippen LogP contribution < -0.4 is 10.2 Å². The summed E-state index contributed by atoms with van der Waals surface area (Å²) in [6, 6.07) is 8.69. The van der Waals surface area contributed by atoms with Crippen LogP contribution in [-0.4, -0.2) is 32.4 Å². The molecule has 0 saturated carbocycles. The van der Waals surface area contributed by atoms with Crippen molar-refractivity contribution in [1.82, 2.24) is 0 Å². The van der Waals surface area contributed by atoms with Gasteiger partial charge in [0.1, 0.15) is 0 Å². The van der Waals surface area contributed by atoms with E-state index in [1.165, 1.54) is 36.8 Å². The minimum Gasteiger partial charge on any atom is -0.359 e. The molecule has 2 N–H and O–H groups in total. The van der Waals surface area contributed by atoms with Gasteiger partial charge >= 0.3 is 0 Å². The number of nitrogens with zero attached hydrogens (tertiary/aromatic N) is 1. The van der Waals surface area contributed by atoms with Gasteiger partial charge in [-0.15, -0.1) is 11.8 Å². The molecule has 1 saturated heterocycles. The fourth-order valence-electron chi connectivity index (χ4n) is 1.88. The van der Waals surface area contributed by atoms with E-state index in [1.54, 1.807) is 0 Å². The molecule has 76 valence electrons. The predicted molar refractivity (Wildman–Crippen MR) is 62.1 cm³/mol. The van der Waals surface area contributed by atoms with E-state index in [2.05, 4.69) is 40.7 Å². The first-order chi connectivity index (χ1) is 6.92. The van der Waals surface area contributed by atoms with E-state index in [9.17, 15) is 0 Å². The van der Waals surface area contributed by atoms with Gasteiger partial charge in [0.05, 0.1) is 31.9 Å². The van der Waals surface area contributed by atoms with Crippen molar-refractivity contribution in [2.45, 2.75) is 4.90 Å². The highest BCUT2D eigenvalue weighted by Crippen LogP contribution is 2.27. The first-order valence-corrected chi connectivity index (χ1v) is 6.34. The topological polar surface area (TPSA) is 19.9 Å². The van der Waals surface area contributed by atoms with Crippen molar-refractivity contribution in [1.29, 1.82) is 0 Å². The molecule has 1 aliphatic rings. The van der Waals surface area contributed by atoms with Crippen LogP contribution in [0.2, 0.25) is 0 Å². The standard InChI is InChI=1S/C11H16N2S/c1-14-11-5-3-2-4-10(11)13-8-6-12-7-9-13/h2-5,12H,6-9H2,1H3/p+1. The lowest BCUT2D eigenvalue weighted by Gasteiger charge is -2.28. The lowest BCUT2D eigenvalue weighted by molar-refractivity contribution is -0.655. The highest BCUT2D eigenvalue weighted by molar-refractivity contribution is 7.98. The highest BCUT2D eigenvalue weighted by Gasteiger charge is 2.14. The molecule has 0 aromatic heterocycles. The van der Waals surface area contributed by atoms with Crippen LogP contribution in [0.1, 0.15) is 0 Å². The molecule has 1 heterocycles. The summed E-state index contributed by atoms with van der Waals surface area (Å²) in [7, 11) is 0. The Bertz CT molecular complexity index is 295. The summed E-state index contributed by atoms with van der Waals surface area (Å²) < 4.78 is 0. The van der Waals surface area contributed by atoms with E-state index < -0.39 is 0 Å². The number of hydrogen-bond donors (Lipinski definition) is 1. The van der Waals surface area contributed by atoms with Gasteiger partial charge in [-0.1, -0.05) is 12.1 Å². The SMILES string of the molecule is CSc1ccccc1N1CC[NH2+]CC1. The van der Waals surface area contributed by atoms with Crippen LogP contribution in [0.5, 0.6) is 0 Å². The molecule has 0 aliphatic carbocycles. The molecule has 0 amide bonds. The van der Waals surface area contributed by atoms with Gasteiger partial charge in [-0.05, 0) is 18.4 Å². The second kappa shape index (κ2) is 4.71. The first-order valence-electron chi connectivity index (χ1n) is 5.11. The fourth-order valence-corrected chi connectivity index (χ4v) is 2.50. The Balaban J connectivity index is 2.20. The Morgan fingerprint density at radius 3 is 2.64 bits per heavy atom.